The van der Waals surface area contributed by atoms with E-state index < -0.39 is 0 Å². The van der Waals surface area contributed by atoms with Crippen molar-refractivity contribution in [3.05, 3.63) is 35.9 Å². The van der Waals surface area contributed by atoms with E-state index in [9.17, 15) is 4.79 Å². The van der Waals surface area contributed by atoms with E-state index in [2.05, 4.69) is 5.10 Å². The lowest BCUT2D eigenvalue weighted by atomic mass is 9.98. The Hall–Kier alpha value is -1.89. The zero-order valence-corrected chi connectivity index (χ0v) is 14.9. The highest BCUT2D eigenvalue weighted by molar-refractivity contribution is 7.98. The van der Waals surface area contributed by atoms with Gasteiger partial charge in [0.25, 0.3) is 5.91 Å². The summed E-state index contributed by atoms with van der Waals surface area (Å²) in [6.07, 6.45) is 5.53. The number of carbonyl (C=O) groups is 1. The third-order valence-electron chi connectivity index (χ3n) is 4.30. The van der Waals surface area contributed by atoms with Gasteiger partial charge in [0.1, 0.15) is 11.3 Å². The zero-order valence-electron chi connectivity index (χ0n) is 14.1. The van der Waals surface area contributed by atoms with Crippen LogP contribution in [0.1, 0.15) is 29.0 Å². The Labute approximate surface area is 146 Å². The molecule has 0 unspecified atom stereocenters. The molecule has 3 heterocycles. The average Bonchev–Trinajstić information content (AvgIpc) is 3.24. The van der Waals surface area contributed by atoms with Crippen molar-refractivity contribution in [2.75, 3.05) is 26.0 Å². The maximum atomic E-state index is 12.6. The number of furan rings is 1. The molecular formula is C17H23N3O3S. The highest BCUT2D eigenvalue weighted by Crippen LogP contribution is 2.26. The van der Waals surface area contributed by atoms with Crippen LogP contribution in [0.5, 0.6) is 5.88 Å². The van der Waals surface area contributed by atoms with Gasteiger partial charge in [0.15, 0.2) is 0 Å². The van der Waals surface area contributed by atoms with Gasteiger partial charge in [-0.1, -0.05) is 0 Å². The van der Waals surface area contributed by atoms with Crippen LogP contribution in [0.3, 0.4) is 0 Å². The number of thioether (sulfide) groups is 1. The third kappa shape index (κ3) is 3.95. The number of ether oxygens (including phenoxy) is 1. The van der Waals surface area contributed by atoms with E-state index in [1.807, 2.05) is 28.8 Å². The van der Waals surface area contributed by atoms with Gasteiger partial charge in [0.05, 0.1) is 19.1 Å². The topological polar surface area (TPSA) is 60.5 Å². The van der Waals surface area contributed by atoms with Gasteiger partial charge >= 0.3 is 0 Å². The molecule has 0 radical (unpaired) electrons. The second-order valence-electron chi connectivity index (χ2n) is 6.06. The van der Waals surface area contributed by atoms with Crippen LogP contribution in [-0.4, -0.2) is 46.5 Å². The molecule has 1 aliphatic heterocycles. The number of aryl methyl sites for hydroxylation is 1. The van der Waals surface area contributed by atoms with Crippen LogP contribution in [0.2, 0.25) is 0 Å². The lowest BCUT2D eigenvalue weighted by Crippen LogP contribution is -2.39. The number of rotatable bonds is 6. The number of amides is 1. The van der Waals surface area contributed by atoms with Crippen molar-refractivity contribution in [2.45, 2.75) is 18.6 Å². The molecule has 1 fully saturated rings. The van der Waals surface area contributed by atoms with E-state index >= 15 is 0 Å². The molecule has 7 heteroatoms. The van der Waals surface area contributed by atoms with E-state index in [1.165, 1.54) is 0 Å². The van der Waals surface area contributed by atoms with Gasteiger partial charge in [-0.05, 0) is 36.6 Å². The molecule has 3 rings (SSSR count). The first-order valence-electron chi connectivity index (χ1n) is 8.14. The van der Waals surface area contributed by atoms with Crippen LogP contribution in [0.25, 0.3) is 0 Å². The van der Waals surface area contributed by atoms with Gasteiger partial charge in [-0.3, -0.25) is 9.48 Å². The number of carbonyl (C=O) groups excluding carboxylic acids is 1. The molecule has 2 aromatic rings. The Morgan fingerprint density at radius 3 is 2.92 bits per heavy atom. The molecule has 24 heavy (non-hydrogen) atoms. The van der Waals surface area contributed by atoms with E-state index in [1.54, 1.807) is 31.3 Å². The minimum atomic E-state index is 0.0154. The minimum absolute atomic E-state index is 0.0154. The van der Waals surface area contributed by atoms with Gasteiger partial charge in [0, 0.05) is 26.3 Å². The second-order valence-corrected chi connectivity index (χ2v) is 7.09. The first kappa shape index (κ1) is 17.0. The lowest BCUT2D eigenvalue weighted by molar-refractivity contribution is 0.0695. The van der Waals surface area contributed by atoms with Crippen LogP contribution in [0.15, 0.2) is 29.0 Å². The summed E-state index contributed by atoms with van der Waals surface area (Å²) in [6, 6.07) is 3.93. The molecule has 0 spiro atoms. The fraction of sp³-hybridized carbons (Fsp3) is 0.529. The fourth-order valence-corrected chi connectivity index (χ4v) is 4.11. The van der Waals surface area contributed by atoms with E-state index in [4.69, 9.17) is 9.15 Å². The van der Waals surface area contributed by atoms with Crippen LogP contribution in [0, 0.1) is 5.92 Å². The van der Waals surface area contributed by atoms with Crippen LogP contribution < -0.4 is 4.74 Å². The van der Waals surface area contributed by atoms with E-state index in [-0.39, 0.29) is 5.91 Å². The Balaban J connectivity index is 1.46. The third-order valence-corrected chi connectivity index (χ3v) is 5.49. The summed E-state index contributed by atoms with van der Waals surface area (Å²) in [5.41, 5.74) is 0.547. The van der Waals surface area contributed by atoms with Crippen molar-refractivity contribution in [1.82, 2.24) is 14.7 Å². The summed E-state index contributed by atoms with van der Waals surface area (Å²) in [6.45, 7) is 1.59. The monoisotopic (exact) mass is 349 g/mol. The molecule has 1 saturated heterocycles. The molecule has 2 aromatic heterocycles. The van der Waals surface area contributed by atoms with Crippen LogP contribution in [0.4, 0.5) is 0 Å². The quantitative estimate of drug-likeness (QED) is 0.802. The number of hydrogen-bond acceptors (Lipinski definition) is 5. The Morgan fingerprint density at radius 1 is 1.46 bits per heavy atom. The van der Waals surface area contributed by atoms with E-state index in [0.29, 0.717) is 17.4 Å². The average molecular weight is 349 g/mol. The zero-order chi connectivity index (χ0) is 16.9. The van der Waals surface area contributed by atoms with Gasteiger partial charge < -0.3 is 14.1 Å². The molecule has 0 bridgehead atoms. The summed E-state index contributed by atoms with van der Waals surface area (Å²) in [7, 11) is 3.34. The smallest absolute Gasteiger partial charge is 0.260 e. The standard InChI is InChI=1S/C17H23N3O3S/c1-19-10-15(16(18-19)22-2)17(21)20-7-5-13(6-8-20)11-24-12-14-4-3-9-23-14/h3-4,9-10,13H,5-8,11-12H2,1-2H3. The Morgan fingerprint density at radius 2 is 2.25 bits per heavy atom. The number of nitrogens with zero attached hydrogens (tertiary/aromatic N) is 3. The van der Waals surface area contributed by atoms with Crippen molar-refractivity contribution < 1.29 is 13.9 Å². The summed E-state index contributed by atoms with van der Waals surface area (Å²) in [4.78, 5) is 14.6. The molecule has 1 amide bonds. The fourth-order valence-electron chi connectivity index (χ4n) is 2.96. The number of methoxy groups -OCH3 is 1. The van der Waals surface area contributed by atoms with Crippen LogP contribution in [-0.2, 0) is 12.8 Å². The lowest BCUT2D eigenvalue weighted by Gasteiger charge is -2.31. The Bertz CT molecular complexity index is 661. The molecule has 0 N–H and O–H groups in total. The molecule has 0 aliphatic carbocycles. The van der Waals surface area contributed by atoms with Crippen molar-refractivity contribution >= 4 is 17.7 Å². The highest BCUT2D eigenvalue weighted by atomic mass is 32.2. The van der Waals surface area contributed by atoms with Crippen molar-refractivity contribution in [3.8, 4) is 5.88 Å². The normalized spacial score (nSPS) is 15.7. The summed E-state index contributed by atoms with van der Waals surface area (Å²) in [5, 5.41) is 4.16. The largest absolute Gasteiger partial charge is 0.479 e. The molecular weight excluding hydrogens is 326 g/mol. The maximum absolute atomic E-state index is 12.6. The molecule has 0 atom stereocenters. The van der Waals surface area contributed by atoms with Gasteiger partial charge in [-0.15, -0.1) is 5.10 Å². The van der Waals surface area contributed by atoms with Crippen molar-refractivity contribution in [2.24, 2.45) is 13.0 Å². The van der Waals surface area contributed by atoms with Crippen LogP contribution >= 0.6 is 11.8 Å². The number of likely N-dealkylation sites (tertiary alicyclic amines) is 1. The molecule has 130 valence electrons. The first-order valence-corrected chi connectivity index (χ1v) is 9.30. The predicted molar refractivity (Wildman–Crippen MR) is 93.3 cm³/mol. The van der Waals surface area contributed by atoms with Gasteiger partial charge in [0.2, 0.25) is 5.88 Å². The molecule has 6 nitrogen and oxygen atoms in total. The maximum Gasteiger partial charge on any atom is 0.260 e. The second kappa shape index (κ2) is 7.79. The minimum Gasteiger partial charge on any atom is -0.479 e. The number of hydrogen-bond donors (Lipinski definition) is 0. The number of piperidine rings is 1. The predicted octanol–water partition coefficient (Wildman–Crippen LogP) is 2.81. The molecule has 0 aromatic carbocycles. The summed E-state index contributed by atoms with van der Waals surface area (Å²) in [5.74, 6) is 4.12. The number of aromatic nitrogens is 2. The molecule has 1 aliphatic rings. The summed E-state index contributed by atoms with van der Waals surface area (Å²) < 4.78 is 12.2. The van der Waals surface area contributed by atoms with Crippen molar-refractivity contribution in [3.63, 3.8) is 0 Å². The Kier molecular flexibility index (Phi) is 5.50. The van der Waals surface area contributed by atoms with E-state index in [0.717, 1.165) is 43.2 Å². The SMILES string of the molecule is COc1nn(C)cc1C(=O)N1CCC(CSCc2ccco2)CC1. The highest BCUT2D eigenvalue weighted by Gasteiger charge is 2.27. The first-order chi connectivity index (χ1) is 11.7. The molecule has 0 saturated carbocycles. The van der Waals surface area contributed by atoms with Gasteiger partial charge in [-0.2, -0.15) is 11.8 Å². The summed E-state index contributed by atoms with van der Waals surface area (Å²) >= 11 is 1.90. The van der Waals surface area contributed by atoms with Crippen molar-refractivity contribution in [1.29, 1.82) is 0 Å². The van der Waals surface area contributed by atoms with Gasteiger partial charge in [-0.25, -0.2) is 0 Å².